The Morgan fingerprint density at radius 1 is 0.692 bits per heavy atom. The summed E-state index contributed by atoms with van der Waals surface area (Å²) in [4.78, 5) is 4.23. The molecule has 0 atom stereocenters. The SMILES string of the molecule is CCCCCCCCCCCCCCCCCCCCCC([O-])=NCCC[N+](C)(C)CC.CCOS(=O)(=O)O. The van der Waals surface area contributed by atoms with Gasteiger partial charge in [-0.05, 0) is 32.6 Å². The van der Waals surface area contributed by atoms with Gasteiger partial charge in [-0.3, -0.25) is 4.55 Å². The Morgan fingerprint density at radius 2 is 1.08 bits per heavy atom. The molecule has 0 heterocycles. The number of rotatable bonds is 27. The maximum Gasteiger partial charge on any atom is 0.397 e. The van der Waals surface area contributed by atoms with Gasteiger partial charge in [-0.25, -0.2) is 4.18 Å². The van der Waals surface area contributed by atoms with Crippen LogP contribution < -0.4 is 5.11 Å². The van der Waals surface area contributed by atoms with Crippen molar-refractivity contribution in [3.63, 3.8) is 0 Å². The molecule has 0 bridgehead atoms. The summed E-state index contributed by atoms with van der Waals surface area (Å²) in [7, 11) is 0.299. The van der Waals surface area contributed by atoms with E-state index in [4.69, 9.17) is 4.55 Å². The molecule has 0 aliphatic carbocycles. The Morgan fingerprint density at radius 3 is 1.38 bits per heavy atom. The smallest absolute Gasteiger partial charge is 0.397 e. The van der Waals surface area contributed by atoms with E-state index in [2.05, 4.69) is 37.1 Å². The highest BCUT2D eigenvalue weighted by Crippen LogP contribution is 2.14. The topological polar surface area (TPSA) is 99.0 Å². The van der Waals surface area contributed by atoms with Gasteiger partial charge in [0.05, 0.1) is 33.8 Å². The third-order valence-corrected chi connectivity index (χ3v) is 7.86. The van der Waals surface area contributed by atoms with Gasteiger partial charge in [-0.15, -0.1) is 0 Å². The molecule has 0 aromatic carbocycles. The van der Waals surface area contributed by atoms with E-state index in [-0.39, 0.29) is 12.5 Å². The van der Waals surface area contributed by atoms with Crippen LogP contribution in [-0.4, -0.2) is 63.7 Å². The quantitative estimate of drug-likeness (QED) is 0.0351. The monoisotopic (exact) mass is 578 g/mol. The van der Waals surface area contributed by atoms with Crippen LogP contribution in [0.2, 0.25) is 0 Å². The van der Waals surface area contributed by atoms with Gasteiger partial charge in [0.15, 0.2) is 0 Å². The fraction of sp³-hybridized carbons (Fsp3) is 0.968. The van der Waals surface area contributed by atoms with Gasteiger partial charge in [-0.2, -0.15) is 8.42 Å². The number of unbranched alkanes of at least 4 members (excludes halogenated alkanes) is 18. The number of hydrogen-bond acceptors (Lipinski definition) is 5. The summed E-state index contributed by atoms with van der Waals surface area (Å²) in [6.45, 7) is 8.88. The van der Waals surface area contributed by atoms with Crippen LogP contribution in [0.5, 0.6) is 0 Å². The third kappa shape index (κ3) is 37.3. The van der Waals surface area contributed by atoms with E-state index in [0.29, 0.717) is 13.0 Å². The number of quaternary nitrogens is 1. The van der Waals surface area contributed by atoms with E-state index in [1.807, 2.05) is 0 Å². The molecular formula is C31H66N2O5S. The molecule has 1 N–H and O–H groups in total. The molecule has 0 amide bonds. The first-order valence-corrected chi connectivity index (χ1v) is 17.6. The number of nitrogens with zero attached hydrogens (tertiary/aromatic N) is 2. The van der Waals surface area contributed by atoms with Crippen LogP contribution in [-0.2, 0) is 14.6 Å². The van der Waals surface area contributed by atoms with Crippen molar-refractivity contribution in [2.75, 3.05) is 40.3 Å². The fourth-order valence-corrected chi connectivity index (χ4v) is 4.74. The first-order valence-electron chi connectivity index (χ1n) is 16.2. The lowest BCUT2D eigenvalue weighted by Crippen LogP contribution is -2.40. The summed E-state index contributed by atoms with van der Waals surface area (Å²) in [5, 5.41) is 11.8. The molecule has 0 saturated heterocycles. The van der Waals surface area contributed by atoms with Gasteiger partial charge >= 0.3 is 10.4 Å². The van der Waals surface area contributed by atoms with E-state index in [0.717, 1.165) is 30.4 Å². The van der Waals surface area contributed by atoms with Crippen LogP contribution in [0.3, 0.4) is 0 Å². The molecule has 0 rings (SSSR count). The van der Waals surface area contributed by atoms with Gasteiger partial charge in [0.25, 0.3) is 0 Å². The van der Waals surface area contributed by atoms with Gasteiger partial charge in [0.2, 0.25) is 0 Å². The Labute approximate surface area is 243 Å². The molecule has 0 spiro atoms. The van der Waals surface area contributed by atoms with Crippen molar-refractivity contribution >= 4 is 16.3 Å². The van der Waals surface area contributed by atoms with Gasteiger partial charge in [0, 0.05) is 13.0 Å². The van der Waals surface area contributed by atoms with Crippen molar-refractivity contribution in [2.45, 2.75) is 156 Å². The molecule has 236 valence electrons. The highest BCUT2D eigenvalue weighted by Gasteiger charge is 2.09. The fourth-order valence-electron chi connectivity index (χ4n) is 4.44. The number of aliphatic imine (C=N–C) groups is 1. The second-order valence-electron chi connectivity index (χ2n) is 11.6. The molecule has 0 aromatic rings. The van der Waals surface area contributed by atoms with Crippen molar-refractivity contribution in [3.05, 3.63) is 0 Å². The molecule has 0 aromatic heterocycles. The summed E-state index contributed by atoms with van der Waals surface area (Å²) in [5.74, 6) is 0.124. The Hall–Kier alpha value is -0.700. The predicted octanol–water partition coefficient (Wildman–Crippen LogP) is 7.88. The molecule has 0 unspecified atom stereocenters. The summed E-state index contributed by atoms with van der Waals surface area (Å²) in [6, 6.07) is 0. The molecule has 0 aliphatic heterocycles. The first-order chi connectivity index (χ1) is 18.6. The van der Waals surface area contributed by atoms with Crippen molar-refractivity contribution in [2.24, 2.45) is 4.99 Å². The van der Waals surface area contributed by atoms with Crippen molar-refractivity contribution in [3.8, 4) is 0 Å². The minimum Gasteiger partial charge on any atom is -0.862 e. The lowest BCUT2D eigenvalue weighted by Gasteiger charge is -2.27. The van der Waals surface area contributed by atoms with E-state index < -0.39 is 10.4 Å². The lowest BCUT2D eigenvalue weighted by molar-refractivity contribution is -0.888. The van der Waals surface area contributed by atoms with E-state index >= 15 is 0 Å². The molecule has 7 nitrogen and oxygen atoms in total. The Balaban J connectivity index is 0. The molecule has 39 heavy (non-hydrogen) atoms. The first kappa shape index (κ1) is 40.4. The Kier molecular flexibility index (Phi) is 29.9. The number of hydrogen-bond donors (Lipinski definition) is 1. The van der Waals surface area contributed by atoms with E-state index in [1.165, 1.54) is 122 Å². The summed E-state index contributed by atoms with van der Waals surface area (Å²) in [6.07, 6.45) is 28.0. The van der Waals surface area contributed by atoms with Crippen molar-refractivity contribution in [1.29, 1.82) is 0 Å². The zero-order valence-corrected chi connectivity index (χ0v) is 27.4. The third-order valence-electron chi connectivity index (χ3n) is 7.33. The summed E-state index contributed by atoms with van der Waals surface area (Å²) < 4.78 is 31.7. The molecule has 0 saturated carbocycles. The predicted molar refractivity (Wildman–Crippen MR) is 166 cm³/mol. The highest BCUT2D eigenvalue weighted by molar-refractivity contribution is 7.80. The maximum atomic E-state index is 11.8. The van der Waals surface area contributed by atoms with Crippen LogP contribution in [0.25, 0.3) is 0 Å². The largest absolute Gasteiger partial charge is 0.862 e. The second-order valence-corrected chi connectivity index (χ2v) is 12.6. The van der Waals surface area contributed by atoms with Gasteiger partial charge in [0.1, 0.15) is 0 Å². The standard InChI is InChI=1S/C29H60N2O.C2H6O4S/c1-5-7-8-9-10-11-12-13-14-15-16-17-18-19-20-21-22-23-24-26-29(32)30-27-25-28-31(3,4)6-2;1-2-6-7(3,4)5/h5-28H2,1-4H3;2H2,1H3,(H,3,4,5). The van der Waals surface area contributed by atoms with Crippen LogP contribution >= 0.6 is 0 Å². The zero-order chi connectivity index (χ0) is 29.7. The minimum absolute atomic E-state index is 0.0289. The Bertz CT molecular complexity index is 639. The molecule has 0 radical (unpaired) electrons. The van der Waals surface area contributed by atoms with Crippen molar-refractivity contribution in [1.82, 2.24) is 0 Å². The zero-order valence-electron chi connectivity index (χ0n) is 26.6. The maximum absolute atomic E-state index is 11.8. The van der Waals surface area contributed by atoms with Gasteiger partial charge in [-0.1, -0.05) is 122 Å². The van der Waals surface area contributed by atoms with Crippen LogP contribution in [0.15, 0.2) is 4.99 Å². The van der Waals surface area contributed by atoms with Crippen LogP contribution in [0.1, 0.15) is 156 Å². The summed E-state index contributed by atoms with van der Waals surface area (Å²) >= 11 is 0. The highest BCUT2D eigenvalue weighted by atomic mass is 32.3. The second kappa shape index (κ2) is 28.8. The molecule has 0 aliphatic rings. The van der Waals surface area contributed by atoms with Crippen molar-refractivity contribution < 1.29 is 26.7 Å². The molecule has 0 fully saturated rings. The van der Waals surface area contributed by atoms with E-state index in [9.17, 15) is 13.5 Å². The van der Waals surface area contributed by atoms with Crippen LogP contribution in [0.4, 0.5) is 0 Å². The average molecular weight is 579 g/mol. The van der Waals surface area contributed by atoms with E-state index in [1.54, 1.807) is 0 Å². The normalized spacial score (nSPS) is 12.4. The molecular weight excluding hydrogens is 512 g/mol. The minimum atomic E-state index is -4.17. The van der Waals surface area contributed by atoms with Crippen LogP contribution in [0, 0.1) is 0 Å². The lowest BCUT2D eigenvalue weighted by atomic mass is 10.0. The summed E-state index contributed by atoms with van der Waals surface area (Å²) in [5.41, 5.74) is 0. The average Bonchev–Trinajstić information content (AvgIpc) is 2.87. The molecule has 8 heteroatoms. The van der Waals surface area contributed by atoms with Gasteiger partial charge < -0.3 is 14.6 Å².